The van der Waals surface area contributed by atoms with Crippen LogP contribution in [0.4, 0.5) is 0 Å². The van der Waals surface area contributed by atoms with Gasteiger partial charge in [0.25, 0.3) is 5.91 Å². The van der Waals surface area contributed by atoms with E-state index in [1.54, 1.807) is 20.3 Å². The van der Waals surface area contributed by atoms with Gasteiger partial charge in [-0.05, 0) is 74.4 Å². The number of aryl methyl sites for hydroxylation is 2. The van der Waals surface area contributed by atoms with E-state index in [1.807, 2.05) is 44.2 Å². The Kier molecular flexibility index (Phi) is 6.27. The van der Waals surface area contributed by atoms with Crippen LogP contribution in [-0.4, -0.2) is 43.6 Å². The van der Waals surface area contributed by atoms with Gasteiger partial charge in [0.15, 0.2) is 0 Å². The predicted octanol–water partition coefficient (Wildman–Crippen LogP) is 4.73. The van der Waals surface area contributed by atoms with E-state index >= 15 is 0 Å². The van der Waals surface area contributed by atoms with Crippen molar-refractivity contribution in [2.24, 2.45) is 0 Å². The molecule has 172 valence electrons. The van der Waals surface area contributed by atoms with Gasteiger partial charge in [0.1, 0.15) is 11.5 Å². The van der Waals surface area contributed by atoms with Crippen LogP contribution in [-0.2, 0) is 5.54 Å². The Morgan fingerprint density at radius 2 is 1.73 bits per heavy atom. The number of carbonyl (C=O) groups excluding carboxylic acids is 1. The number of aromatic nitrogens is 1. The first kappa shape index (κ1) is 22.6. The third kappa shape index (κ3) is 4.80. The first-order valence-electron chi connectivity index (χ1n) is 11.1. The minimum atomic E-state index is -0.393. The molecular formula is C27H31N3O3. The molecule has 0 saturated heterocycles. The summed E-state index contributed by atoms with van der Waals surface area (Å²) in [6, 6.07) is 13.6. The molecule has 2 heterocycles. The highest BCUT2D eigenvalue weighted by Gasteiger charge is 2.47. The number of carbonyl (C=O) groups is 1. The lowest BCUT2D eigenvalue weighted by atomic mass is 9.97. The summed E-state index contributed by atoms with van der Waals surface area (Å²) in [6.07, 6.45) is 5.95. The van der Waals surface area contributed by atoms with E-state index in [1.165, 1.54) is 0 Å². The van der Waals surface area contributed by atoms with E-state index in [0.29, 0.717) is 11.3 Å². The Morgan fingerprint density at radius 3 is 2.30 bits per heavy atom. The zero-order chi connectivity index (χ0) is 23.6. The van der Waals surface area contributed by atoms with Crippen molar-refractivity contribution in [3.63, 3.8) is 0 Å². The summed E-state index contributed by atoms with van der Waals surface area (Å²) in [4.78, 5) is 19.9. The van der Waals surface area contributed by atoms with Crippen molar-refractivity contribution in [2.45, 2.75) is 32.2 Å². The highest BCUT2D eigenvalue weighted by atomic mass is 16.5. The molecular weight excluding hydrogens is 414 g/mol. The van der Waals surface area contributed by atoms with Crippen LogP contribution in [0.5, 0.6) is 11.5 Å². The molecule has 1 N–H and O–H groups in total. The molecule has 6 heteroatoms. The molecule has 5 rings (SSSR count). The predicted molar refractivity (Wildman–Crippen MR) is 131 cm³/mol. The van der Waals surface area contributed by atoms with Gasteiger partial charge in [-0.1, -0.05) is 12.1 Å². The number of nitrogens with one attached hydrogen (secondary N) is 1. The van der Waals surface area contributed by atoms with Gasteiger partial charge in [0, 0.05) is 36.3 Å². The summed E-state index contributed by atoms with van der Waals surface area (Å²) < 4.78 is 10.8. The maximum atomic E-state index is 13.1. The minimum absolute atomic E-state index is 0.0926. The molecule has 2 aromatic carbocycles. The number of hydrogen-bond acceptors (Lipinski definition) is 5. The number of ether oxygens (including phenoxy) is 2. The van der Waals surface area contributed by atoms with Crippen LogP contribution in [0, 0.1) is 13.8 Å². The van der Waals surface area contributed by atoms with Crippen LogP contribution in [0.2, 0.25) is 0 Å². The molecule has 1 saturated carbocycles. The minimum Gasteiger partial charge on any atom is -0.497 e. The molecule has 1 amide bonds. The van der Waals surface area contributed by atoms with Gasteiger partial charge in [0.05, 0.1) is 25.3 Å². The second-order valence-electron chi connectivity index (χ2n) is 8.74. The first-order chi connectivity index (χ1) is 15.8. The zero-order valence-electron chi connectivity index (χ0n) is 19.9. The second-order valence-corrected chi connectivity index (χ2v) is 8.74. The van der Waals surface area contributed by atoms with Crippen LogP contribution in [0.15, 0.2) is 54.7 Å². The van der Waals surface area contributed by atoms with E-state index in [4.69, 9.17) is 9.47 Å². The number of fused-ring (bicyclic) bond motifs is 1. The van der Waals surface area contributed by atoms with Gasteiger partial charge in [-0.15, -0.1) is 0 Å². The summed E-state index contributed by atoms with van der Waals surface area (Å²) >= 11 is 0. The van der Waals surface area contributed by atoms with Crippen LogP contribution < -0.4 is 14.8 Å². The quantitative estimate of drug-likeness (QED) is 0.615. The average Bonchev–Trinajstić information content (AvgIpc) is 3.57. The summed E-state index contributed by atoms with van der Waals surface area (Å²) in [6.45, 7) is 5.04. The van der Waals surface area contributed by atoms with E-state index < -0.39 is 5.54 Å². The fourth-order valence-corrected chi connectivity index (χ4v) is 3.99. The van der Waals surface area contributed by atoms with E-state index in [0.717, 1.165) is 52.9 Å². The highest BCUT2D eigenvalue weighted by molar-refractivity contribution is 5.97. The van der Waals surface area contributed by atoms with Crippen molar-refractivity contribution in [2.75, 3.05) is 27.8 Å². The third-order valence-corrected chi connectivity index (χ3v) is 6.22. The number of pyridine rings is 1. The van der Waals surface area contributed by atoms with Crippen LogP contribution in [0.25, 0.3) is 10.9 Å². The SMILES string of the molecule is CN1C=CC1.COc1ccc(C)c(C(=O)NC2(c3cc(OC)cc4nc(C)ccc34)CC2)c1. The number of amides is 1. The number of hydrogen-bond donors (Lipinski definition) is 1. The molecule has 1 fully saturated rings. The summed E-state index contributed by atoms with van der Waals surface area (Å²) in [5.74, 6) is 1.33. The molecule has 6 nitrogen and oxygen atoms in total. The molecule has 0 spiro atoms. The molecule has 3 aromatic rings. The largest absolute Gasteiger partial charge is 0.497 e. The van der Waals surface area contributed by atoms with Crippen LogP contribution in [0.1, 0.15) is 40.0 Å². The molecule has 1 aliphatic heterocycles. The van der Waals surface area contributed by atoms with Gasteiger partial charge in [-0.25, -0.2) is 0 Å². The first-order valence-corrected chi connectivity index (χ1v) is 11.1. The van der Waals surface area contributed by atoms with E-state index in [-0.39, 0.29) is 5.91 Å². The molecule has 33 heavy (non-hydrogen) atoms. The third-order valence-electron chi connectivity index (χ3n) is 6.22. The van der Waals surface area contributed by atoms with Crippen molar-refractivity contribution in [3.05, 3.63) is 77.1 Å². The van der Waals surface area contributed by atoms with Crippen molar-refractivity contribution < 1.29 is 14.3 Å². The molecule has 2 aliphatic rings. The topological polar surface area (TPSA) is 63.7 Å². The lowest BCUT2D eigenvalue weighted by Gasteiger charge is -2.21. The summed E-state index contributed by atoms with van der Waals surface area (Å²) in [7, 11) is 5.31. The standard InChI is InChI=1S/C23H24N2O3.C4H7N/c1-14-5-7-16(27-3)11-19(14)22(26)25-23(9-10-23)20-12-17(28-4)13-21-18(20)8-6-15(2)24-21;1-5-3-2-4-5/h5-8,11-13H,9-10H2,1-4H3,(H,25,26);2-3H,4H2,1H3. The number of rotatable bonds is 5. The normalized spacial score (nSPS) is 15.2. The van der Waals surface area contributed by atoms with Gasteiger partial charge in [-0.2, -0.15) is 0 Å². The molecule has 0 atom stereocenters. The number of methoxy groups -OCH3 is 2. The summed E-state index contributed by atoms with van der Waals surface area (Å²) in [5, 5.41) is 4.32. The maximum Gasteiger partial charge on any atom is 0.252 e. The molecule has 1 aliphatic carbocycles. The monoisotopic (exact) mass is 445 g/mol. The Bertz CT molecular complexity index is 1210. The number of benzene rings is 2. The summed E-state index contributed by atoms with van der Waals surface area (Å²) in [5.41, 5.74) is 4.05. The van der Waals surface area contributed by atoms with Crippen LogP contribution in [0.3, 0.4) is 0 Å². The fraction of sp³-hybridized carbons (Fsp3) is 0.333. The van der Waals surface area contributed by atoms with Crippen molar-refractivity contribution in [3.8, 4) is 11.5 Å². The van der Waals surface area contributed by atoms with Gasteiger partial charge in [0.2, 0.25) is 0 Å². The molecule has 0 bridgehead atoms. The Morgan fingerprint density at radius 1 is 1.03 bits per heavy atom. The van der Waals surface area contributed by atoms with Gasteiger partial charge in [-0.3, -0.25) is 9.78 Å². The fourth-order valence-electron chi connectivity index (χ4n) is 3.99. The van der Waals surface area contributed by atoms with Crippen molar-refractivity contribution in [1.29, 1.82) is 0 Å². The lowest BCUT2D eigenvalue weighted by molar-refractivity contribution is 0.0930. The zero-order valence-corrected chi connectivity index (χ0v) is 19.9. The van der Waals surface area contributed by atoms with Crippen molar-refractivity contribution >= 4 is 16.8 Å². The van der Waals surface area contributed by atoms with Gasteiger partial charge >= 0.3 is 0 Å². The van der Waals surface area contributed by atoms with E-state index in [9.17, 15) is 4.79 Å². The highest BCUT2D eigenvalue weighted by Crippen LogP contribution is 2.49. The van der Waals surface area contributed by atoms with Gasteiger partial charge < -0.3 is 19.7 Å². The average molecular weight is 446 g/mol. The Labute approximate surface area is 195 Å². The molecule has 0 unspecified atom stereocenters. The van der Waals surface area contributed by atoms with Crippen molar-refractivity contribution in [1.82, 2.24) is 15.2 Å². The molecule has 1 aromatic heterocycles. The van der Waals surface area contributed by atoms with Crippen LogP contribution >= 0.6 is 0 Å². The second kappa shape index (κ2) is 9.14. The smallest absolute Gasteiger partial charge is 0.252 e. The number of nitrogens with zero attached hydrogens (tertiary/aromatic N) is 2. The Hall–Kier alpha value is -3.54. The Balaban J connectivity index is 0.000000459. The lowest BCUT2D eigenvalue weighted by Crippen LogP contribution is -2.35. The van der Waals surface area contributed by atoms with E-state index in [2.05, 4.69) is 40.6 Å². The molecule has 0 radical (unpaired) electrons. The maximum absolute atomic E-state index is 13.1. The number of likely N-dealkylation sites (N-methyl/N-ethyl adjacent to an activating group) is 1.